The van der Waals surface area contributed by atoms with Gasteiger partial charge in [0.2, 0.25) is 6.29 Å². The second-order valence-electron chi connectivity index (χ2n) is 3.99. The maximum Gasteiger partial charge on any atom is 0.418 e. The summed E-state index contributed by atoms with van der Waals surface area (Å²) in [4.78, 5) is 35.2. The van der Waals surface area contributed by atoms with E-state index in [1.54, 1.807) is 36.6 Å². The van der Waals surface area contributed by atoms with E-state index < -0.39 is 18.1 Å². The van der Waals surface area contributed by atoms with E-state index in [9.17, 15) is 14.4 Å². The van der Waals surface area contributed by atoms with E-state index in [1.165, 1.54) is 4.90 Å². The van der Waals surface area contributed by atoms with Crippen LogP contribution in [0.2, 0.25) is 0 Å². The van der Waals surface area contributed by atoms with Gasteiger partial charge in [-0.1, -0.05) is 18.2 Å². The minimum atomic E-state index is -0.783. The third-order valence-corrected chi connectivity index (χ3v) is 2.81. The molecular weight excluding hydrogens is 234 g/mol. The van der Waals surface area contributed by atoms with Crippen molar-refractivity contribution >= 4 is 18.3 Å². The first-order valence-corrected chi connectivity index (χ1v) is 5.68. The second kappa shape index (κ2) is 5.44. The van der Waals surface area contributed by atoms with Crippen molar-refractivity contribution in [2.75, 3.05) is 6.54 Å². The van der Waals surface area contributed by atoms with E-state index in [4.69, 9.17) is 4.74 Å². The van der Waals surface area contributed by atoms with Crippen LogP contribution in [0.5, 0.6) is 0 Å². The van der Waals surface area contributed by atoms with Crippen LogP contribution in [0.1, 0.15) is 23.2 Å². The monoisotopic (exact) mass is 246 g/mol. The van der Waals surface area contributed by atoms with Gasteiger partial charge in [0.1, 0.15) is 6.04 Å². The molecule has 2 rings (SSSR count). The molecule has 18 heavy (non-hydrogen) atoms. The summed E-state index contributed by atoms with van der Waals surface area (Å²) in [6, 6.07) is 7.64. The van der Waals surface area contributed by atoms with Gasteiger partial charge in [-0.25, -0.2) is 9.59 Å². The SMILES string of the molecule is O=[C][C@@H]1CCCN1C(=O)OC(=O)c1ccccc1. The summed E-state index contributed by atoms with van der Waals surface area (Å²) < 4.78 is 4.72. The molecule has 0 spiro atoms. The van der Waals surface area contributed by atoms with E-state index in [-0.39, 0.29) is 0 Å². The molecule has 0 unspecified atom stereocenters. The van der Waals surface area contributed by atoms with Gasteiger partial charge in [-0.15, -0.1) is 0 Å². The fraction of sp³-hybridized carbons (Fsp3) is 0.308. The zero-order chi connectivity index (χ0) is 13.0. The van der Waals surface area contributed by atoms with Crippen molar-refractivity contribution in [1.29, 1.82) is 0 Å². The Balaban J connectivity index is 1.99. The molecule has 1 heterocycles. The highest BCUT2D eigenvalue weighted by Gasteiger charge is 2.31. The molecule has 1 radical (unpaired) electrons. The Morgan fingerprint density at radius 2 is 2.00 bits per heavy atom. The summed E-state index contributed by atoms with van der Waals surface area (Å²) in [7, 11) is 0. The lowest BCUT2D eigenvalue weighted by Gasteiger charge is -2.18. The molecule has 1 aromatic rings. The Morgan fingerprint density at radius 1 is 1.28 bits per heavy atom. The van der Waals surface area contributed by atoms with Crippen LogP contribution in [0.3, 0.4) is 0 Å². The molecule has 0 saturated carbocycles. The first kappa shape index (κ1) is 12.3. The van der Waals surface area contributed by atoms with Crippen molar-refractivity contribution in [2.24, 2.45) is 0 Å². The van der Waals surface area contributed by atoms with E-state index >= 15 is 0 Å². The fourth-order valence-electron chi connectivity index (χ4n) is 1.88. The number of amides is 1. The van der Waals surface area contributed by atoms with Gasteiger partial charge in [-0.2, -0.15) is 0 Å². The Kier molecular flexibility index (Phi) is 3.72. The Labute approximate surface area is 104 Å². The predicted molar refractivity (Wildman–Crippen MR) is 62.7 cm³/mol. The lowest BCUT2D eigenvalue weighted by Crippen LogP contribution is -2.37. The molecule has 1 aliphatic heterocycles. The van der Waals surface area contributed by atoms with Crippen molar-refractivity contribution in [3.8, 4) is 0 Å². The molecular formula is C13H12NO4. The van der Waals surface area contributed by atoms with Crippen LogP contribution < -0.4 is 0 Å². The maximum atomic E-state index is 11.7. The number of carbonyl (C=O) groups excluding carboxylic acids is 3. The van der Waals surface area contributed by atoms with Crippen LogP contribution in [-0.4, -0.2) is 35.8 Å². The largest absolute Gasteiger partial charge is 0.418 e. The average Bonchev–Trinajstić information content (AvgIpc) is 2.88. The second-order valence-corrected chi connectivity index (χ2v) is 3.99. The zero-order valence-corrected chi connectivity index (χ0v) is 9.67. The van der Waals surface area contributed by atoms with Crippen molar-refractivity contribution in [3.63, 3.8) is 0 Å². The molecule has 93 valence electrons. The smallest absolute Gasteiger partial charge is 0.372 e. The van der Waals surface area contributed by atoms with Gasteiger partial charge < -0.3 is 4.74 Å². The molecule has 1 fully saturated rings. The number of hydrogen-bond acceptors (Lipinski definition) is 4. The lowest BCUT2D eigenvalue weighted by molar-refractivity contribution is 0.0547. The van der Waals surface area contributed by atoms with E-state index in [0.29, 0.717) is 24.9 Å². The summed E-state index contributed by atoms with van der Waals surface area (Å²) in [5.41, 5.74) is 0.302. The van der Waals surface area contributed by atoms with E-state index in [2.05, 4.69) is 0 Å². The first-order chi connectivity index (χ1) is 8.72. The molecule has 5 heteroatoms. The van der Waals surface area contributed by atoms with Crippen molar-refractivity contribution in [1.82, 2.24) is 4.90 Å². The summed E-state index contributed by atoms with van der Waals surface area (Å²) >= 11 is 0. The number of esters is 1. The number of benzene rings is 1. The molecule has 1 amide bonds. The summed E-state index contributed by atoms with van der Waals surface area (Å²) in [6.45, 7) is 0.417. The maximum absolute atomic E-state index is 11.7. The van der Waals surface area contributed by atoms with Crippen molar-refractivity contribution < 1.29 is 19.1 Å². The Morgan fingerprint density at radius 3 is 2.67 bits per heavy atom. The topological polar surface area (TPSA) is 63.7 Å². The predicted octanol–water partition coefficient (Wildman–Crippen LogP) is 1.54. The average molecular weight is 246 g/mol. The highest BCUT2D eigenvalue weighted by Crippen LogP contribution is 2.17. The Hall–Kier alpha value is -2.17. The molecule has 1 atom stereocenters. The Bertz CT molecular complexity index is 457. The van der Waals surface area contributed by atoms with Crippen LogP contribution in [0, 0.1) is 0 Å². The van der Waals surface area contributed by atoms with Gasteiger partial charge >= 0.3 is 12.1 Å². The fourth-order valence-corrected chi connectivity index (χ4v) is 1.88. The van der Waals surface area contributed by atoms with E-state index in [0.717, 1.165) is 0 Å². The number of hydrogen-bond donors (Lipinski definition) is 0. The number of rotatable bonds is 2. The van der Waals surface area contributed by atoms with Gasteiger partial charge in [-0.3, -0.25) is 9.69 Å². The summed E-state index contributed by atoms with van der Waals surface area (Å²) in [6.07, 6.45) is 2.27. The third kappa shape index (κ3) is 2.56. The molecule has 0 aliphatic carbocycles. The first-order valence-electron chi connectivity index (χ1n) is 5.68. The van der Waals surface area contributed by atoms with Crippen LogP contribution in [0.25, 0.3) is 0 Å². The van der Waals surface area contributed by atoms with Crippen molar-refractivity contribution in [3.05, 3.63) is 35.9 Å². The third-order valence-electron chi connectivity index (χ3n) is 2.81. The molecule has 1 aromatic carbocycles. The van der Waals surface area contributed by atoms with Gasteiger partial charge in [0.15, 0.2) is 0 Å². The van der Waals surface area contributed by atoms with Gasteiger partial charge in [0.25, 0.3) is 0 Å². The normalized spacial score (nSPS) is 18.4. The van der Waals surface area contributed by atoms with Crippen LogP contribution in [-0.2, 0) is 9.53 Å². The highest BCUT2D eigenvalue weighted by molar-refractivity contribution is 5.96. The van der Waals surface area contributed by atoms with Crippen LogP contribution in [0.15, 0.2) is 30.3 Å². The van der Waals surface area contributed by atoms with Gasteiger partial charge in [0, 0.05) is 6.54 Å². The van der Waals surface area contributed by atoms with Gasteiger partial charge in [-0.05, 0) is 25.0 Å². The van der Waals surface area contributed by atoms with Crippen LogP contribution >= 0.6 is 0 Å². The number of ether oxygens (including phenoxy) is 1. The molecule has 1 aliphatic rings. The molecule has 0 bridgehead atoms. The summed E-state index contributed by atoms with van der Waals surface area (Å²) in [5.74, 6) is -0.711. The van der Waals surface area contributed by atoms with Gasteiger partial charge in [0.05, 0.1) is 5.56 Å². The molecule has 1 saturated heterocycles. The minimum absolute atomic E-state index is 0.302. The number of nitrogens with zero attached hydrogens (tertiary/aromatic N) is 1. The zero-order valence-electron chi connectivity index (χ0n) is 9.67. The van der Waals surface area contributed by atoms with E-state index in [1.807, 2.05) is 0 Å². The highest BCUT2D eigenvalue weighted by atomic mass is 16.6. The standard InChI is InChI=1S/C13H12NO4/c15-9-11-7-4-8-14(11)13(17)18-12(16)10-5-2-1-3-6-10/h1-3,5-6,11H,4,7-8H2/t11-/m0/s1. The molecule has 0 N–H and O–H groups in total. The number of carbonyl (C=O) groups is 2. The number of likely N-dealkylation sites (tertiary alicyclic amines) is 1. The van der Waals surface area contributed by atoms with Crippen LogP contribution in [0.4, 0.5) is 4.79 Å². The van der Waals surface area contributed by atoms with Crippen molar-refractivity contribution in [2.45, 2.75) is 18.9 Å². The molecule has 5 nitrogen and oxygen atoms in total. The molecule has 0 aromatic heterocycles. The summed E-state index contributed by atoms with van der Waals surface area (Å²) in [5, 5.41) is 0. The lowest BCUT2D eigenvalue weighted by atomic mass is 10.2. The minimum Gasteiger partial charge on any atom is -0.372 e. The quantitative estimate of drug-likeness (QED) is 0.586.